The Bertz CT molecular complexity index is 250. The maximum Gasteiger partial charge on any atom is 0.0964 e. The van der Waals surface area contributed by atoms with Crippen molar-refractivity contribution in [2.45, 2.75) is 31.8 Å². The molecule has 1 aromatic heterocycles. The summed E-state index contributed by atoms with van der Waals surface area (Å²) in [7, 11) is 2.14. The maximum absolute atomic E-state index is 4.02. The lowest BCUT2D eigenvalue weighted by molar-refractivity contribution is 0.227. The number of H-pyrrole nitrogens is 1. The van der Waals surface area contributed by atoms with Crippen LogP contribution in [0.5, 0.6) is 0 Å². The fourth-order valence-corrected chi connectivity index (χ4v) is 1.30. The fourth-order valence-electron chi connectivity index (χ4n) is 1.30. The quantitative estimate of drug-likeness (QED) is 0.722. The highest BCUT2D eigenvalue weighted by molar-refractivity contribution is 5.01. The van der Waals surface area contributed by atoms with Gasteiger partial charge in [-0.25, -0.2) is 0 Å². The van der Waals surface area contributed by atoms with Gasteiger partial charge in [-0.15, -0.1) is 0 Å². The van der Waals surface area contributed by atoms with Crippen molar-refractivity contribution in [3.63, 3.8) is 0 Å². The van der Waals surface area contributed by atoms with Gasteiger partial charge in [0.15, 0.2) is 0 Å². The van der Waals surface area contributed by atoms with Crippen molar-refractivity contribution in [1.82, 2.24) is 20.3 Å². The molecule has 0 radical (unpaired) electrons. The lowest BCUT2D eigenvalue weighted by Gasteiger charge is -2.22. The molecule has 12 heavy (non-hydrogen) atoms. The van der Waals surface area contributed by atoms with Gasteiger partial charge in [-0.1, -0.05) is 0 Å². The number of aromatic amines is 1. The van der Waals surface area contributed by atoms with Crippen LogP contribution >= 0.6 is 0 Å². The minimum Gasteiger partial charge on any atom is -0.295 e. The first-order valence-corrected chi connectivity index (χ1v) is 4.27. The van der Waals surface area contributed by atoms with E-state index in [1.165, 1.54) is 12.8 Å². The van der Waals surface area contributed by atoms with Gasteiger partial charge >= 0.3 is 0 Å². The monoisotopic (exact) mass is 166 g/mol. The molecule has 1 heterocycles. The Morgan fingerprint density at radius 2 is 2.42 bits per heavy atom. The first-order valence-electron chi connectivity index (χ1n) is 4.27. The van der Waals surface area contributed by atoms with E-state index in [-0.39, 0.29) is 0 Å². The van der Waals surface area contributed by atoms with Gasteiger partial charge < -0.3 is 0 Å². The third kappa shape index (κ3) is 1.34. The molecule has 0 unspecified atom stereocenters. The normalized spacial score (nSPS) is 19.9. The van der Waals surface area contributed by atoms with Crippen LogP contribution in [-0.4, -0.2) is 32.9 Å². The van der Waals surface area contributed by atoms with Crippen molar-refractivity contribution in [1.29, 1.82) is 0 Å². The number of hydrogen-bond acceptors (Lipinski definition) is 3. The van der Waals surface area contributed by atoms with Gasteiger partial charge in [-0.2, -0.15) is 15.4 Å². The van der Waals surface area contributed by atoms with Gasteiger partial charge in [0.2, 0.25) is 0 Å². The van der Waals surface area contributed by atoms with Gasteiger partial charge in [0.1, 0.15) is 0 Å². The number of aromatic nitrogens is 3. The summed E-state index contributed by atoms with van der Waals surface area (Å²) in [6, 6.07) is 0. The van der Waals surface area contributed by atoms with Crippen LogP contribution in [0, 0.1) is 0 Å². The molecule has 0 aromatic carbocycles. The van der Waals surface area contributed by atoms with E-state index in [0.29, 0.717) is 5.54 Å². The largest absolute Gasteiger partial charge is 0.295 e. The Kier molecular flexibility index (Phi) is 1.65. The molecule has 66 valence electrons. The van der Waals surface area contributed by atoms with E-state index in [0.717, 1.165) is 12.2 Å². The molecule has 1 fully saturated rings. The van der Waals surface area contributed by atoms with Crippen LogP contribution in [0.2, 0.25) is 0 Å². The lowest BCUT2D eigenvalue weighted by atomic mass is 10.2. The molecule has 1 saturated carbocycles. The zero-order chi connectivity index (χ0) is 8.60. The summed E-state index contributed by atoms with van der Waals surface area (Å²) < 4.78 is 0. The summed E-state index contributed by atoms with van der Waals surface area (Å²) in [5.41, 5.74) is 1.45. The summed E-state index contributed by atoms with van der Waals surface area (Å²) in [5, 5.41) is 10.4. The molecule has 1 aromatic rings. The molecule has 1 N–H and O–H groups in total. The van der Waals surface area contributed by atoms with Gasteiger partial charge in [0.25, 0.3) is 0 Å². The van der Waals surface area contributed by atoms with E-state index in [4.69, 9.17) is 0 Å². The zero-order valence-electron chi connectivity index (χ0n) is 7.54. The average Bonchev–Trinajstić information content (AvgIpc) is 2.63. The molecule has 0 aliphatic heterocycles. The predicted molar refractivity (Wildman–Crippen MR) is 45.5 cm³/mol. The fraction of sp³-hybridized carbons (Fsp3) is 0.750. The molecule has 0 amide bonds. The SMILES string of the molecule is CN(Cc1cn[nH]n1)C1(C)CC1. The van der Waals surface area contributed by atoms with E-state index in [1.54, 1.807) is 6.20 Å². The summed E-state index contributed by atoms with van der Waals surface area (Å²) in [4.78, 5) is 2.34. The molecule has 1 aliphatic rings. The second-order valence-corrected chi connectivity index (χ2v) is 3.81. The second-order valence-electron chi connectivity index (χ2n) is 3.81. The highest BCUT2D eigenvalue weighted by Crippen LogP contribution is 2.40. The van der Waals surface area contributed by atoms with E-state index in [2.05, 4.69) is 34.3 Å². The van der Waals surface area contributed by atoms with Crippen molar-refractivity contribution in [2.75, 3.05) is 7.05 Å². The number of rotatable bonds is 3. The number of nitrogens with one attached hydrogen (secondary N) is 1. The topological polar surface area (TPSA) is 44.8 Å². The molecule has 4 heteroatoms. The van der Waals surface area contributed by atoms with Crippen molar-refractivity contribution < 1.29 is 0 Å². The van der Waals surface area contributed by atoms with Crippen molar-refractivity contribution in [3.8, 4) is 0 Å². The molecular formula is C8H14N4. The van der Waals surface area contributed by atoms with E-state index in [1.807, 2.05) is 0 Å². The third-order valence-corrected chi connectivity index (χ3v) is 2.76. The maximum atomic E-state index is 4.02. The van der Waals surface area contributed by atoms with Gasteiger partial charge in [0.05, 0.1) is 11.9 Å². The Balaban J connectivity index is 1.95. The first kappa shape index (κ1) is 7.73. The van der Waals surface area contributed by atoms with E-state index in [9.17, 15) is 0 Å². The van der Waals surface area contributed by atoms with Gasteiger partial charge in [-0.3, -0.25) is 4.90 Å². The Labute approximate surface area is 72.0 Å². The number of nitrogens with zero attached hydrogens (tertiary/aromatic N) is 3. The van der Waals surface area contributed by atoms with Gasteiger partial charge in [-0.05, 0) is 26.8 Å². The highest BCUT2D eigenvalue weighted by atomic mass is 15.3. The van der Waals surface area contributed by atoms with Crippen LogP contribution < -0.4 is 0 Å². The summed E-state index contributed by atoms with van der Waals surface area (Å²) in [5.74, 6) is 0. The zero-order valence-corrected chi connectivity index (χ0v) is 7.54. The first-order chi connectivity index (χ1) is 5.71. The molecular weight excluding hydrogens is 152 g/mol. The van der Waals surface area contributed by atoms with Crippen molar-refractivity contribution >= 4 is 0 Å². The molecule has 0 atom stereocenters. The predicted octanol–water partition coefficient (Wildman–Crippen LogP) is 0.789. The average molecular weight is 166 g/mol. The Morgan fingerprint density at radius 1 is 1.67 bits per heavy atom. The molecule has 0 spiro atoms. The highest BCUT2D eigenvalue weighted by Gasteiger charge is 2.41. The molecule has 1 aliphatic carbocycles. The Hall–Kier alpha value is -0.900. The smallest absolute Gasteiger partial charge is 0.0964 e. The Morgan fingerprint density at radius 3 is 2.92 bits per heavy atom. The van der Waals surface area contributed by atoms with Crippen LogP contribution in [0.4, 0.5) is 0 Å². The van der Waals surface area contributed by atoms with Crippen LogP contribution in [0.3, 0.4) is 0 Å². The van der Waals surface area contributed by atoms with E-state index >= 15 is 0 Å². The van der Waals surface area contributed by atoms with Crippen LogP contribution in [0.15, 0.2) is 6.20 Å². The lowest BCUT2D eigenvalue weighted by Crippen LogP contribution is -2.30. The van der Waals surface area contributed by atoms with Crippen LogP contribution in [-0.2, 0) is 6.54 Å². The van der Waals surface area contributed by atoms with Crippen molar-refractivity contribution in [3.05, 3.63) is 11.9 Å². The summed E-state index contributed by atoms with van der Waals surface area (Å²) >= 11 is 0. The minimum atomic E-state index is 0.430. The summed E-state index contributed by atoms with van der Waals surface area (Å²) in [6.07, 6.45) is 4.39. The van der Waals surface area contributed by atoms with Crippen molar-refractivity contribution in [2.24, 2.45) is 0 Å². The standard InChI is InChI=1S/C8H14N4/c1-8(3-4-8)12(2)6-7-5-9-11-10-7/h5H,3-4,6H2,1-2H3,(H,9,10,11). The minimum absolute atomic E-state index is 0.430. The van der Waals surface area contributed by atoms with Gasteiger partial charge in [0, 0.05) is 12.1 Å². The van der Waals surface area contributed by atoms with Crippen LogP contribution in [0.25, 0.3) is 0 Å². The molecule has 0 saturated heterocycles. The van der Waals surface area contributed by atoms with E-state index < -0.39 is 0 Å². The molecule has 0 bridgehead atoms. The number of hydrogen-bond donors (Lipinski definition) is 1. The summed E-state index contributed by atoms with van der Waals surface area (Å²) in [6.45, 7) is 3.18. The second kappa shape index (κ2) is 2.55. The van der Waals surface area contributed by atoms with Crippen LogP contribution in [0.1, 0.15) is 25.5 Å². The molecule has 4 nitrogen and oxygen atoms in total. The molecule has 2 rings (SSSR count). The third-order valence-electron chi connectivity index (χ3n) is 2.76.